The molecule has 2 aliphatic carbocycles. The first-order chi connectivity index (χ1) is 17.2. The number of ether oxygens (including phenoxy) is 4. The molecule has 0 radical (unpaired) electrons. The van der Waals surface area contributed by atoms with Crippen LogP contribution in [0, 0.1) is 23.2 Å². The average molecular weight is 507 g/mol. The van der Waals surface area contributed by atoms with Crippen LogP contribution in [0.1, 0.15) is 44.3 Å². The summed E-state index contributed by atoms with van der Waals surface area (Å²) in [4.78, 5) is 26.1. The molecule has 1 aromatic heterocycles. The molecule has 3 aliphatic heterocycles. The van der Waals surface area contributed by atoms with E-state index in [2.05, 4.69) is 0 Å². The molecule has 1 aromatic rings. The zero-order valence-corrected chi connectivity index (χ0v) is 19.7. The van der Waals surface area contributed by atoms with E-state index in [4.69, 9.17) is 23.4 Å². The zero-order chi connectivity index (χ0) is 25.4. The van der Waals surface area contributed by atoms with Crippen molar-refractivity contribution in [2.45, 2.75) is 75.5 Å². The van der Waals surface area contributed by atoms with E-state index >= 15 is 0 Å². The van der Waals surface area contributed by atoms with Crippen LogP contribution >= 0.6 is 0 Å². The van der Waals surface area contributed by atoms with Gasteiger partial charge < -0.3 is 43.8 Å². The second-order valence-corrected chi connectivity index (χ2v) is 10.8. The number of rotatable bonds is 4. The van der Waals surface area contributed by atoms with E-state index in [0.29, 0.717) is 25.0 Å². The van der Waals surface area contributed by atoms with Crippen LogP contribution in [-0.2, 0) is 28.5 Å². The summed E-state index contributed by atoms with van der Waals surface area (Å²) in [5, 5.41) is 40.4. The summed E-state index contributed by atoms with van der Waals surface area (Å²) in [5.74, 6) is -1.77. The normalized spacial score (nSPS) is 46.0. The first kappa shape index (κ1) is 23.9. The Morgan fingerprint density at radius 2 is 1.86 bits per heavy atom. The number of carbonyl (C=O) groups is 2. The minimum Gasteiger partial charge on any atom is -0.472 e. The molecule has 4 fully saturated rings. The standard InChI is InChI=1S/C25H30O11/c1-25-7-16(10-2-3-32-9-10)34-23(31)14(25)6-15(18-12-4-11(5-13(18)25)33-22(12)30)35-24-21(29)20(28)19(27)17(8-26)36-24/h2-3,9,11-14,16-17,19-21,24,26-29H,4-8H2,1H3/t11-,12+,13+,14+,16-,17+,19+,20-,21+,24-,25-/m1/s1. The summed E-state index contributed by atoms with van der Waals surface area (Å²) < 4.78 is 28.3. The molecule has 2 bridgehead atoms. The van der Waals surface area contributed by atoms with Crippen molar-refractivity contribution in [3.8, 4) is 0 Å². The minimum absolute atomic E-state index is 0.114. The van der Waals surface area contributed by atoms with Crippen molar-refractivity contribution < 1.29 is 53.4 Å². The maximum atomic E-state index is 13.3. The molecular formula is C25H30O11. The Kier molecular flexibility index (Phi) is 5.69. The average Bonchev–Trinajstić information content (AvgIpc) is 3.49. The molecule has 5 aliphatic rings. The van der Waals surface area contributed by atoms with Gasteiger partial charge in [-0.2, -0.15) is 0 Å². The lowest BCUT2D eigenvalue weighted by Gasteiger charge is -2.54. The highest BCUT2D eigenvalue weighted by atomic mass is 16.7. The van der Waals surface area contributed by atoms with Gasteiger partial charge >= 0.3 is 11.9 Å². The van der Waals surface area contributed by atoms with Crippen molar-refractivity contribution in [1.29, 1.82) is 0 Å². The number of aliphatic hydroxyl groups is 4. The highest BCUT2D eigenvalue weighted by molar-refractivity contribution is 5.81. The van der Waals surface area contributed by atoms with Crippen molar-refractivity contribution in [3.05, 3.63) is 35.5 Å². The van der Waals surface area contributed by atoms with Gasteiger partial charge in [0.1, 0.15) is 42.4 Å². The van der Waals surface area contributed by atoms with Gasteiger partial charge in [-0.15, -0.1) is 0 Å². The molecule has 6 rings (SSSR count). The highest BCUT2D eigenvalue weighted by Crippen LogP contribution is 2.62. The summed E-state index contributed by atoms with van der Waals surface area (Å²) in [6, 6.07) is 1.77. The summed E-state index contributed by atoms with van der Waals surface area (Å²) in [7, 11) is 0. The molecule has 11 nitrogen and oxygen atoms in total. The number of allylic oxidation sites excluding steroid dienone is 1. The summed E-state index contributed by atoms with van der Waals surface area (Å²) in [5.41, 5.74) is 0.938. The summed E-state index contributed by atoms with van der Waals surface area (Å²) in [6.07, 6.45) is -3.30. The lowest BCUT2D eigenvalue weighted by molar-refractivity contribution is -0.293. The highest BCUT2D eigenvalue weighted by Gasteiger charge is 2.61. The van der Waals surface area contributed by atoms with Crippen molar-refractivity contribution in [3.63, 3.8) is 0 Å². The molecule has 0 aromatic carbocycles. The molecule has 0 spiro atoms. The largest absolute Gasteiger partial charge is 0.472 e. The number of hydrogen-bond acceptors (Lipinski definition) is 11. The van der Waals surface area contributed by atoms with Crippen LogP contribution in [0.5, 0.6) is 0 Å². The fourth-order valence-electron chi connectivity index (χ4n) is 6.84. The zero-order valence-electron chi connectivity index (χ0n) is 19.7. The van der Waals surface area contributed by atoms with Crippen LogP contribution in [0.3, 0.4) is 0 Å². The fourth-order valence-corrected chi connectivity index (χ4v) is 6.84. The first-order valence-electron chi connectivity index (χ1n) is 12.3. The Morgan fingerprint density at radius 1 is 1.06 bits per heavy atom. The van der Waals surface area contributed by atoms with Gasteiger partial charge in [0.05, 0.1) is 31.0 Å². The van der Waals surface area contributed by atoms with Crippen LogP contribution in [-0.4, -0.2) is 75.8 Å². The fraction of sp³-hybridized carbons (Fsp3) is 0.680. The monoisotopic (exact) mass is 506 g/mol. The quantitative estimate of drug-likeness (QED) is 0.416. The van der Waals surface area contributed by atoms with E-state index < -0.39 is 66.6 Å². The molecule has 0 unspecified atom stereocenters. The number of carbonyl (C=O) groups excluding carboxylic acids is 2. The van der Waals surface area contributed by atoms with Crippen molar-refractivity contribution in [1.82, 2.24) is 0 Å². The van der Waals surface area contributed by atoms with Crippen LogP contribution < -0.4 is 0 Å². The molecule has 3 saturated heterocycles. The maximum absolute atomic E-state index is 13.3. The van der Waals surface area contributed by atoms with E-state index in [-0.39, 0.29) is 24.4 Å². The molecule has 11 atom stereocenters. The van der Waals surface area contributed by atoms with Gasteiger partial charge in [-0.25, -0.2) is 0 Å². The van der Waals surface area contributed by atoms with Crippen LogP contribution in [0.15, 0.2) is 34.3 Å². The smallest absolute Gasteiger partial charge is 0.313 e. The number of hydrogen-bond donors (Lipinski definition) is 4. The molecule has 1 saturated carbocycles. The lowest BCUT2D eigenvalue weighted by atomic mass is 9.52. The topological polar surface area (TPSA) is 165 Å². The molecule has 4 heterocycles. The maximum Gasteiger partial charge on any atom is 0.313 e. The Hall–Kier alpha value is -2.44. The Labute approximate surface area is 206 Å². The molecule has 36 heavy (non-hydrogen) atoms. The van der Waals surface area contributed by atoms with E-state index in [1.807, 2.05) is 6.92 Å². The molecule has 196 valence electrons. The summed E-state index contributed by atoms with van der Waals surface area (Å²) in [6.45, 7) is 1.44. The van der Waals surface area contributed by atoms with Gasteiger partial charge in [0.2, 0.25) is 6.29 Å². The van der Waals surface area contributed by atoms with Gasteiger partial charge in [-0.1, -0.05) is 6.92 Å². The lowest BCUT2D eigenvalue weighted by Crippen LogP contribution is -2.59. The van der Waals surface area contributed by atoms with Crippen molar-refractivity contribution >= 4 is 11.9 Å². The summed E-state index contributed by atoms with van der Waals surface area (Å²) >= 11 is 0. The number of esters is 2. The number of fused-ring (bicyclic) bond motifs is 6. The Morgan fingerprint density at radius 3 is 2.58 bits per heavy atom. The van der Waals surface area contributed by atoms with Crippen molar-refractivity contribution in [2.24, 2.45) is 23.2 Å². The van der Waals surface area contributed by atoms with Gasteiger partial charge in [0, 0.05) is 18.4 Å². The van der Waals surface area contributed by atoms with E-state index in [0.717, 1.165) is 11.1 Å². The van der Waals surface area contributed by atoms with Gasteiger partial charge in [0.25, 0.3) is 0 Å². The van der Waals surface area contributed by atoms with Gasteiger partial charge in [0.15, 0.2) is 0 Å². The second-order valence-electron chi connectivity index (χ2n) is 10.8. The SMILES string of the molecule is C[C@]12C[C@H](c3ccoc3)OC(=O)[C@@H]1CC(O[C@@H]1O[C@@H](CO)[C@H](O)[C@@H](O)[C@@H]1O)=C1[C@@H]3C[C@H](C[C@@H]12)OC3=O. The molecular weight excluding hydrogens is 476 g/mol. The minimum atomic E-state index is -1.61. The third-order valence-electron chi connectivity index (χ3n) is 8.81. The van der Waals surface area contributed by atoms with E-state index in [9.17, 15) is 30.0 Å². The molecule has 11 heteroatoms. The van der Waals surface area contributed by atoms with Gasteiger partial charge in [-0.3, -0.25) is 9.59 Å². The first-order valence-corrected chi connectivity index (χ1v) is 12.3. The second kappa shape index (κ2) is 8.56. The van der Waals surface area contributed by atoms with Crippen LogP contribution in [0.25, 0.3) is 0 Å². The predicted molar refractivity (Wildman–Crippen MR) is 116 cm³/mol. The van der Waals surface area contributed by atoms with E-state index in [1.54, 1.807) is 12.3 Å². The number of cyclic esters (lactones) is 1. The number of aliphatic hydroxyl groups excluding tert-OH is 4. The van der Waals surface area contributed by atoms with Crippen molar-refractivity contribution in [2.75, 3.05) is 6.61 Å². The molecule has 4 N–H and O–H groups in total. The predicted octanol–water partition coefficient (Wildman–Crippen LogP) is 0.316. The Bertz CT molecular complexity index is 1060. The molecule has 0 amide bonds. The Balaban J connectivity index is 1.38. The third-order valence-corrected chi connectivity index (χ3v) is 8.81. The van der Waals surface area contributed by atoms with E-state index in [1.165, 1.54) is 6.26 Å². The number of furan rings is 1. The van der Waals surface area contributed by atoms with Crippen LogP contribution in [0.2, 0.25) is 0 Å². The third kappa shape index (κ3) is 3.52. The van der Waals surface area contributed by atoms with Crippen LogP contribution in [0.4, 0.5) is 0 Å². The van der Waals surface area contributed by atoms with Gasteiger partial charge in [-0.05, 0) is 35.8 Å².